The van der Waals surface area contributed by atoms with Crippen molar-refractivity contribution in [2.75, 3.05) is 38.5 Å². The molecule has 1 saturated heterocycles. The molecule has 7 nitrogen and oxygen atoms in total. The Hall–Kier alpha value is -2.51. The highest BCUT2D eigenvalue weighted by Gasteiger charge is 2.28. The number of hydrogen-bond acceptors (Lipinski definition) is 6. The number of benzene rings is 1. The number of hydrogen-bond donors (Lipinski definition) is 2. The first kappa shape index (κ1) is 22.7. The summed E-state index contributed by atoms with van der Waals surface area (Å²) in [4.78, 5) is 27.3. The Morgan fingerprint density at radius 2 is 1.97 bits per heavy atom. The van der Waals surface area contributed by atoms with E-state index in [-0.39, 0.29) is 11.9 Å². The highest BCUT2D eigenvalue weighted by Crippen LogP contribution is 2.29. The predicted molar refractivity (Wildman–Crippen MR) is 128 cm³/mol. The molecule has 4 rings (SSSR count). The van der Waals surface area contributed by atoms with Crippen LogP contribution in [0, 0.1) is 0 Å². The lowest BCUT2D eigenvalue weighted by Crippen LogP contribution is -2.45. The van der Waals surface area contributed by atoms with Crippen molar-refractivity contribution < 1.29 is 4.79 Å². The summed E-state index contributed by atoms with van der Waals surface area (Å²) in [7, 11) is 1.94. The number of aromatic nitrogens is 2. The molecule has 0 atom stereocenters. The number of nitrogens with zero attached hydrogens (tertiary/aromatic N) is 4. The van der Waals surface area contributed by atoms with Crippen LogP contribution in [0.25, 0.3) is 0 Å². The molecule has 1 fully saturated rings. The van der Waals surface area contributed by atoms with Gasteiger partial charge < -0.3 is 15.5 Å². The monoisotopic (exact) mass is 436 g/mol. The fraction of sp³-hybridized carbons (Fsp3) is 0.560. The fourth-order valence-electron chi connectivity index (χ4n) is 4.73. The minimum absolute atomic E-state index is 0.157. The quantitative estimate of drug-likeness (QED) is 0.695. The lowest BCUT2D eigenvalue weighted by molar-refractivity contribution is -0.135. The van der Waals surface area contributed by atoms with Gasteiger partial charge in [0.25, 0.3) is 0 Å². The normalized spacial score (nSPS) is 17.2. The Kier molecular flexibility index (Phi) is 7.37. The molecule has 172 valence electrons. The van der Waals surface area contributed by atoms with Crippen LogP contribution in [0.5, 0.6) is 0 Å². The SMILES string of the molecule is CNc1nc(C2CCNCC2)nc2c1CCN(CC(=O)N(Cc1ccccc1)C(C)C)C2. The van der Waals surface area contributed by atoms with Crippen molar-refractivity contribution in [3.8, 4) is 0 Å². The number of fused-ring (bicyclic) bond motifs is 1. The van der Waals surface area contributed by atoms with Gasteiger partial charge in [0.05, 0.1) is 12.2 Å². The molecule has 0 unspecified atom stereocenters. The standard InChI is InChI=1S/C25H36N6O/c1-18(2)31(15-19-7-5-4-6-8-19)23(32)17-30-14-11-21-22(16-30)28-24(29-25(21)26-3)20-9-12-27-13-10-20/h4-8,18,20,27H,9-17H2,1-3H3,(H,26,28,29). The first-order chi connectivity index (χ1) is 15.5. The fourth-order valence-corrected chi connectivity index (χ4v) is 4.73. The Morgan fingerprint density at radius 3 is 2.66 bits per heavy atom. The Labute approximate surface area is 191 Å². The van der Waals surface area contributed by atoms with Gasteiger partial charge in [-0.2, -0.15) is 0 Å². The van der Waals surface area contributed by atoms with Crippen LogP contribution in [0.15, 0.2) is 30.3 Å². The van der Waals surface area contributed by atoms with Crippen LogP contribution >= 0.6 is 0 Å². The average molecular weight is 437 g/mol. The number of amides is 1. The summed E-state index contributed by atoms with van der Waals surface area (Å²) in [5.74, 6) is 2.50. The minimum Gasteiger partial charge on any atom is -0.373 e. The van der Waals surface area contributed by atoms with Gasteiger partial charge in [0.15, 0.2) is 0 Å². The third kappa shape index (κ3) is 5.27. The zero-order chi connectivity index (χ0) is 22.5. The maximum atomic E-state index is 13.2. The molecular weight excluding hydrogens is 400 g/mol. The summed E-state index contributed by atoms with van der Waals surface area (Å²) in [5.41, 5.74) is 3.45. The molecule has 2 aromatic rings. The molecule has 32 heavy (non-hydrogen) atoms. The number of carbonyl (C=O) groups is 1. The number of nitrogens with one attached hydrogen (secondary N) is 2. The first-order valence-corrected chi connectivity index (χ1v) is 11.9. The van der Waals surface area contributed by atoms with Crippen molar-refractivity contribution in [2.24, 2.45) is 0 Å². The second-order valence-electron chi connectivity index (χ2n) is 9.19. The van der Waals surface area contributed by atoms with Crippen molar-refractivity contribution in [1.82, 2.24) is 25.1 Å². The summed E-state index contributed by atoms with van der Waals surface area (Å²) in [6, 6.07) is 10.4. The van der Waals surface area contributed by atoms with E-state index in [9.17, 15) is 4.79 Å². The molecule has 7 heteroatoms. The summed E-state index contributed by atoms with van der Waals surface area (Å²) in [6.45, 7) is 8.84. The van der Waals surface area contributed by atoms with E-state index in [1.54, 1.807) is 0 Å². The van der Waals surface area contributed by atoms with Gasteiger partial charge in [-0.3, -0.25) is 9.69 Å². The first-order valence-electron chi connectivity index (χ1n) is 11.9. The van der Waals surface area contributed by atoms with Crippen LogP contribution in [0.4, 0.5) is 5.82 Å². The third-order valence-electron chi connectivity index (χ3n) is 6.60. The maximum absolute atomic E-state index is 13.2. The number of carbonyl (C=O) groups excluding carboxylic acids is 1. The van der Waals surface area contributed by atoms with Gasteiger partial charge >= 0.3 is 0 Å². The van der Waals surface area contributed by atoms with Gasteiger partial charge in [-0.25, -0.2) is 9.97 Å². The van der Waals surface area contributed by atoms with Crippen molar-refractivity contribution in [3.63, 3.8) is 0 Å². The molecule has 1 aromatic carbocycles. The minimum atomic E-state index is 0.157. The third-order valence-corrected chi connectivity index (χ3v) is 6.60. The van der Waals surface area contributed by atoms with E-state index in [2.05, 4.69) is 41.5 Å². The molecule has 3 heterocycles. The second kappa shape index (κ2) is 10.4. The number of anilines is 1. The Balaban J connectivity index is 1.47. The molecule has 0 aliphatic carbocycles. The van der Waals surface area contributed by atoms with E-state index in [1.165, 1.54) is 5.56 Å². The molecule has 1 amide bonds. The van der Waals surface area contributed by atoms with Crippen molar-refractivity contribution in [1.29, 1.82) is 0 Å². The molecule has 0 spiro atoms. The van der Waals surface area contributed by atoms with Gasteiger partial charge in [-0.05, 0) is 51.8 Å². The van der Waals surface area contributed by atoms with Crippen molar-refractivity contribution in [2.45, 2.75) is 58.2 Å². The summed E-state index contributed by atoms with van der Waals surface area (Å²) < 4.78 is 0. The largest absolute Gasteiger partial charge is 0.373 e. The molecule has 1 aromatic heterocycles. The number of rotatable bonds is 7. The average Bonchev–Trinajstić information content (AvgIpc) is 2.82. The van der Waals surface area contributed by atoms with Crippen LogP contribution in [0.2, 0.25) is 0 Å². The zero-order valence-electron chi connectivity index (χ0n) is 19.6. The molecule has 2 aliphatic heterocycles. The Bertz CT molecular complexity index is 910. The van der Waals surface area contributed by atoms with E-state index in [1.807, 2.05) is 30.1 Å². The van der Waals surface area contributed by atoms with Gasteiger partial charge in [0, 0.05) is 44.2 Å². The lowest BCUT2D eigenvalue weighted by atomic mass is 9.96. The second-order valence-corrected chi connectivity index (χ2v) is 9.19. The van der Waals surface area contributed by atoms with Crippen molar-refractivity contribution in [3.05, 3.63) is 53.0 Å². The predicted octanol–water partition coefficient (Wildman–Crippen LogP) is 2.78. The molecule has 0 saturated carbocycles. The summed E-state index contributed by atoms with van der Waals surface area (Å²) >= 11 is 0. The highest BCUT2D eigenvalue weighted by molar-refractivity contribution is 5.78. The van der Waals surface area contributed by atoms with Crippen molar-refractivity contribution >= 4 is 11.7 Å². The van der Waals surface area contributed by atoms with Crippen LogP contribution in [-0.4, -0.2) is 64.9 Å². The maximum Gasteiger partial charge on any atom is 0.237 e. The smallest absolute Gasteiger partial charge is 0.237 e. The molecule has 0 bridgehead atoms. The van der Waals surface area contributed by atoms with E-state index in [0.29, 0.717) is 25.6 Å². The molecule has 0 radical (unpaired) electrons. The van der Waals surface area contributed by atoms with Gasteiger partial charge in [0.1, 0.15) is 11.6 Å². The topological polar surface area (TPSA) is 73.4 Å². The lowest BCUT2D eigenvalue weighted by Gasteiger charge is -2.33. The van der Waals surface area contributed by atoms with Crippen LogP contribution in [0.1, 0.15) is 55.3 Å². The van der Waals surface area contributed by atoms with E-state index >= 15 is 0 Å². The molecule has 2 N–H and O–H groups in total. The van der Waals surface area contributed by atoms with Gasteiger partial charge in [-0.1, -0.05) is 30.3 Å². The summed E-state index contributed by atoms with van der Waals surface area (Å²) in [5, 5.41) is 6.71. The summed E-state index contributed by atoms with van der Waals surface area (Å²) in [6.07, 6.45) is 3.02. The van der Waals surface area contributed by atoms with Crippen LogP contribution < -0.4 is 10.6 Å². The van der Waals surface area contributed by atoms with E-state index in [0.717, 1.165) is 61.8 Å². The zero-order valence-corrected chi connectivity index (χ0v) is 19.6. The van der Waals surface area contributed by atoms with Gasteiger partial charge in [0.2, 0.25) is 5.91 Å². The number of piperidine rings is 1. The van der Waals surface area contributed by atoms with Crippen LogP contribution in [-0.2, 0) is 24.3 Å². The molecule has 2 aliphatic rings. The van der Waals surface area contributed by atoms with Gasteiger partial charge in [-0.15, -0.1) is 0 Å². The van der Waals surface area contributed by atoms with E-state index < -0.39 is 0 Å². The highest BCUT2D eigenvalue weighted by atomic mass is 16.2. The van der Waals surface area contributed by atoms with Crippen LogP contribution in [0.3, 0.4) is 0 Å². The molecular formula is C25H36N6O. The van der Waals surface area contributed by atoms with E-state index in [4.69, 9.17) is 9.97 Å². The Morgan fingerprint density at radius 1 is 1.22 bits per heavy atom.